The quantitative estimate of drug-likeness (QED) is 0.129. The highest BCUT2D eigenvalue weighted by Gasteiger charge is 2.25. The molecule has 0 bridgehead atoms. The molecule has 1 nitrogen and oxygen atoms in total. The summed E-state index contributed by atoms with van der Waals surface area (Å²) in [6.07, 6.45) is 25.8. The van der Waals surface area contributed by atoms with Gasteiger partial charge in [-0.05, 0) is 51.4 Å². The average Bonchev–Trinajstić information content (AvgIpc) is 2.68. The van der Waals surface area contributed by atoms with E-state index in [0.29, 0.717) is 0 Å². The van der Waals surface area contributed by atoms with Gasteiger partial charge in [0.15, 0.2) is 0 Å². The first-order valence-electron chi connectivity index (χ1n) is 13.1. The van der Waals surface area contributed by atoms with Gasteiger partial charge in [0, 0.05) is 0 Å². The molecule has 0 unspecified atom stereocenters. The molecule has 0 aromatic heterocycles. The van der Waals surface area contributed by atoms with Crippen molar-refractivity contribution in [1.82, 2.24) is 0 Å². The van der Waals surface area contributed by atoms with Crippen molar-refractivity contribution in [3.05, 3.63) is 0 Å². The van der Waals surface area contributed by atoms with E-state index in [1.54, 1.807) is 0 Å². The van der Waals surface area contributed by atoms with Crippen molar-refractivity contribution in [2.24, 2.45) is 0 Å². The summed E-state index contributed by atoms with van der Waals surface area (Å²) in [6, 6.07) is 0. The Balaban J connectivity index is 4.61. The van der Waals surface area contributed by atoms with E-state index in [9.17, 15) is 0 Å². The minimum atomic E-state index is 1.37. The van der Waals surface area contributed by atoms with Crippen LogP contribution >= 0.6 is 0 Å². The van der Waals surface area contributed by atoms with Crippen LogP contribution in [0.5, 0.6) is 0 Å². The number of rotatable bonds is 22. The molecule has 0 amide bonds. The Kier molecular flexibility index (Phi) is 20.7. The fraction of sp³-hybridized carbons (Fsp3) is 1.00. The molecule has 0 N–H and O–H groups in total. The van der Waals surface area contributed by atoms with Crippen LogP contribution in [0.15, 0.2) is 0 Å². The number of quaternary nitrogens is 1. The van der Waals surface area contributed by atoms with Crippen molar-refractivity contribution in [1.29, 1.82) is 0 Å². The molecule has 0 saturated carbocycles. The second-order valence-electron chi connectivity index (χ2n) is 9.19. The monoisotopic (exact) mass is 382 g/mol. The van der Waals surface area contributed by atoms with Gasteiger partial charge in [-0.2, -0.15) is 0 Å². The van der Waals surface area contributed by atoms with Crippen molar-refractivity contribution in [2.75, 3.05) is 26.2 Å². The molecule has 164 valence electrons. The standard InChI is InChI=1S/C26H56N/c1-5-9-13-17-18-22-26-27(23-19-14-10-6-2,24-20-15-11-7-3)25-21-16-12-8-4/h5-26H2,1-4H3/q+1. The van der Waals surface area contributed by atoms with Gasteiger partial charge in [-0.3, -0.25) is 0 Å². The maximum Gasteiger partial charge on any atom is 0.0786 e. The van der Waals surface area contributed by atoms with Crippen LogP contribution in [0.25, 0.3) is 0 Å². The van der Waals surface area contributed by atoms with Gasteiger partial charge >= 0.3 is 0 Å². The normalized spacial score (nSPS) is 12.0. The molecular weight excluding hydrogens is 326 g/mol. The summed E-state index contributed by atoms with van der Waals surface area (Å²) < 4.78 is 1.46. The van der Waals surface area contributed by atoms with Crippen molar-refractivity contribution in [2.45, 2.75) is 143 Å². The van der Waals surface area contributed by atoms with Crippen molar-refractivity contribution >= 4 is 0 Å². The molecule has 0 aromatic carbocycles. The van der Waals surface area contributed by atoms with E-state index in [1.807, 2.05) is 0 Å². The van der Waals surface area contributed by atoms with Crippen molar-refractivity contribution < 1.29 is 4.48 Å². The largest absolute Gasteiger partial charge is 0.324 e. The van der Waals surface area contributed by atoms with Gasteiger partial charge in [-0.15, -0.1) is 0 Å². The summed E-state index contributed by atoms with van der Waals surface area (Å²) in [5.41, 5.74) is 0. The highest BCUT2D eigenvalue weighted by atomic mass is 15.3. The summed E-state index contributed by atoms with van der Waals surface area (Å²) >= 11 is 0. The fourth-order valence-corrected chi connectivity index (χ4v) is 4.52. The lowest BCUT2D eigenvalue weighted by molar-refractivity contribution is -0.929. The zero-order chi connectivity index (χ0) is 20.1. The Hall–Kier alpha value is -0.0400. The second kappa shape index (κ2) is 20.7. The molecule has 0 radical (unpaired) electrons. The van der Waals surface area contributed by atoms with Gasteiger partial charge in [0.05, 0.1) is 26.2 Å². The van der Waals surface area contributed by atoms with Crippen LogP contribution < -0.4 is 0 Å². The number of hydrogen-bond donors (Lipinski definition) is 0. The van der Waals surface area contributed by atoms with E-state index in [1.165, 1.54) is 146 Å². The highest BCUT2D eigenvalue weighted by molar-refractivity contribution is 4.53. The van der Waals surface area contributed by atoms with Crippen LogP contribution in [0, 0.1) is 0 Å². The van der Waals surface area contributed by atoms with Gasteiger partial charge in [-0.25, -0.2) is 0 Å². The molecule has 1 heteroatoms. The Morgan fingerprint density at radius 2 is 0.519 bits per heavy atom. The molecule has 0 fully saturated rings. The molecule has 0 atom stereocenters. The number of nitrogens with zero attached hydrogens (tertiary/aromatic N) is 1. The molecule has 27 heavy (non-hydrogen) atoms. The minimum Gasteiger partial charge on any atom is -0.324 e. The predicted octanol–water partition coefficient (Wildman–Crippen LogP) is 8.90. The van der Waals surface area contributed by atoms with E-state index in [0.717, 1.165) is 0 Å². The van der Waals surface area contributed by atoms with E-state index in [2.05, 4.69) is 27.7 Å². The third-order valence-corrected chi connectivity index (χ3v) is 6.44. The van der Waals surface area contributed by atoms with Crippen LogP contribution in [0.4, 0.5) is 0 Å². The summed E-state index contributed by atoms with van der Waals surface area (Å²) in [4.78, 5) is 0. The van der Waals surface area contributed by atoms with Crippen molar-refractivity contribution in [3.63, 3.8) is 0 Å². The fourth-order valence-electron chi connectivity index (χ4n) is 4.52. The SMILES string of the molecule is CCCCCCCC[N+](CCCCCC)(CCCCCC)CCCCCC. The number of unbranched alkanes of at least 4 members (excludes halogenated alkanes) is 14. The lowest BCUT2D eigenvalue weighted by Crippen LogP contribution is -2.50. The van der Waals surface area contributed by atoms with Gasteiger partial charge in [-0.1, -0.05) is 91.9 Å². The average molecular weight is 383 g/mol. The van der Waals surface area contributed by atoms with Crippen LogP contribution in [0.2, 0.25) is 0 Å². The summed E-state index contributed by atoms with van der Waals surface area (Å²) in [7, 11) is 0. The van der Waals surface area contributed by atoms with Crippen LogP contribution in [-0.4, -0.2) is 30.7 Å². The van der Waals surface area contributed by atoms with Crippen molar-refractivity contribution in [3.8, 4) is 0 Å². The topological polar surface area (TPSA) is 0 Å². The lowest BCUT2D eigenvalue weighted by atomic mass is 10.1. The van der Waals surface area contributed by atoms with E-state index < -0.39 is 0 Å². The molecule has 0 aliphatic rings. The predicted molar refractivity (Wildman–Crippen MR) is 126 cm³/mol. The molecule has 0 aliphatic heterocycles. The Morgan fingerprint density at radius 3 is 0.815 bits per heavy atom. The van der Waals surface area contributed by atoms with E-state index in [4.69, 9.17) is 0 Å². The molecule has 0 aromatic rings. The Bertz CT molecular complexity index is 242. The van der Waals surface area contributed by atoms with Crippen LogP contribution in [-0.2, 0) is 0 Å². The third-order valence-electron chi connectivity index (χ3n) is 6.44. The summed E-state index contributed by atoms with van der Waals surface area (Å²) in [5.74, 6) is 0. The first-order valence-corrected chi connectivity index (χ1v) is 13.1. The maximum absolute atomic E-state index is 2.34. The second-order valence-corrected chi connectivity index (χ2v) is 9.19. The summed E-state index contributed by atoms with van der Waals surface area (Å²) in [6.45, 7) is 15.2. The first-order chi connectivity index (χ1) is 13.2. The molecule has 0 aliphatic carbocycles. The maximum atomic E-state index is 2.34. The third kappa shape index (κ3) is 16.6. The van der Waals surface area contributed by atoms with Crippen LogP contribution in [0.1, 0.15) is 143 Å². The zero-order valence-corrected chi connectivity index (χ0v) is 20.0. The minimum absolute atomic E-state index is 1.37. The number of hydrogen-bond acceptors (Lipinski definition) is 0. The zero-order valence-electron chi connectivity index (χ0n) is 20.0. The lowest BCUT2D eigenvalue weighted by Gasteiger charge is -2.39. The van der Waals surface area contributed by atoms with E-state index >= 15 is 0 Å². The first kappa shape index (κ1) is 27.0. The van der Waals surface area contributed by atoms with Gasteiger partial charge < -0.3 is 4.48 Å². The highest BCUT2D eigenvalue weighted by Crippen LogP contribution is 2.19. The molecule has 0 spiro atoms. The van der Waals surface area contributed by atoms with Gasteiger partial charge in [0.1, 0.15) is 0 Å². The van der Waals surface area contributed by atoms with Gasteiger partial charge in [0.25, 0.3) is 0 Å². The smallest absolute Gasteiger partial charge is 0.0786 e. The summed E-state index contributed by atoms with van der Waals surface area (Å²) in [5, 5.41) is 0. The molecule has 0 saturated heterocycles. The van der Waals surface area contributed by atoms with E-state index in [-0.39, 0.29) is 0 Å². The molecule has 0 heterocycles. The van der Waals surface area contributed by atoms with Gasteiger partial charge in [0.2, 0.25) is 0 Å². The van der Waals surface area contributed by atoms with Crippen LogP contribution in [0.3, 0.4) is 0 Å². The Morgan fingerprint density at radius 1 is 0.296 bits per heavy atom. The Labute approximate surface area is 174 Å². The molecular formula is C26H56N+. The molecule has 0 rings (SSSR count).